The molecule has 0 spiro atoms. The maximum absolute atomic E-state index is 4.69. The van der Waals surface area contributed by atoms with Crippen molar-refractivity contribution >= 4 is 21.3 Å². The Morgan fingerprint density at radius 2 is 1.33 bits per heavy atom. The zero-order valence-corrected chi connectivity index (χ0v) is 18.0. The molecular formula is C23H26AsN3. The van der Waals surface area contributed by atoms with E-state index in [0.29, 0.717) is 6.04 Å². The summed E-state index contributed by atoms with van der Waals surface area (Å²) in [5.74, 6) is 0. The second-order valence-electron chi connectivity index (χ2n) is 7.09. The molecule has 4 heteroatoms. The Bertz CT molecular complexity index is 806. The summed E-state index contributed by atoms with van der Waals surface area (Å²) in [6, 6.07) is 28.5. The Labute approximate surface area is 170 Å². The fraction of sp³-hybridized carbons (Fsp3) is 0.261. The zero-order valence-electron chi connectivity index (χ0n) is 15.5. The van der Waals surface area contributed by atoms with Crippen molar-refractivity contribution in [3.8, 4) is 0 Å². The normalized spacial score (nSPS) is 15.9. The fourth-order valence-electron chi connectivity index (χ4n) is 3.88. The average Bonchev–Trinajstić information content (AvgIpc) is 2.71. The number of hydrogen-bond donors (Lipinski definition) is 0. The molecule has 2 aromatic carbocycles. The summed E-state index contributed by atoms with van der Waals surface area (Å²) in [6.07, 6.45) is 0. The van der Waals surface area contributed by atoms with Crippen molar-refractivity contribution in [2.45, 2.75) is 12.6 Å². The molecule has 1 fully saturated rings. The third kappa shape index (κ3) is 4.68. The van der Waals surface area contributed by atoms with Crippen LogP contribution in [0.15, 0.2) is 78.9 Å². The summed E-state index contributed by atoms with van der Waals surface area (Å²) >= 11 is 1.59. The van der Waals surface area contributed by atoms with Gasteiger partial charge in [0.1, 0.15) is 0 Å². The molecule has 0 radical (unpaired) electrons. The van der Waals surface area contributed by atoms with Crippen LogP contribution in [0.1, 0.15) is 22.9 Å². The van der Waals surface area contributed by atoms with Crippen LogP contribution >= 0.6 is 0 Å². The van der Waals surface area contributed by atoms with Gasteiger partial charge in [0.15, 0.2) is 0 Å². The van der Waals surface area contributed by atoms with Crippen LogP contribution in [0.3, 0.4) is 0 Å². The average molecular weight is 419 g/mol. The van der Waals surface area contributed by atoms with Crippen LogP contribution in [0.2, 0.25) is 0 Å². The summed E-state index contributed by atoms with van der Waals surface area (Å²) < 4.78 is 1.16. The molecule has 3 nitrogen and oxygen atoms in total. The van der Waals surface area contributed by atoms with Crippen LogP contribution in [0.4, 0.5) is 0 Å². The summed E-state index contributed by atoms with van der Waals surface area (Å²) in [4.78, 5) is 9.83. The Kier molecular flexibility index (Phi) is 6.03. The van der Waals surface area contributed by atoms with Crippen LogP contribution < -0.4 is 4.48 Å². The van der Waals surface area contributed by atoms with E-state index in [-0.39, 0.29) is 0 Å². The minimum atomic E-state index is 0.328. The third-order valence-electron chi connectivity index (χ3n) is 5.22. The van der Waals surface area contributed by atoms with E-state index in [1.807, 2.05) is 0 Å². The Morgan fingerprint density at radius 1 is 0.741 bits per heavy atom. The van der Waals surface area contributed by atoms with E-state index in [2.05, 4.69) is 93.6 Å². The molecule has 138 valence electrons. The quantitative estimate of drug-likeness (QED) is 0.592. The summed E-state index contributed by atoms with van der Waals surface area (Å²) in [5, 5.41) is 0. The number of nitrogens with zero attached hydrogens (tertiary/aromatic N) is 3. The molecule has 1 aliphatic rings. The van der Waals surface area contributed by atoms with Crippen LogP contribution in [0, 0.1) is 0 Å². The van der Waals surface area contributed by atoms with E-state index in [1.54, 1.807) is 16.9 Å². The number of aromatic nitrogens is 1. The molecule has 1 aliphatic heterocycles. The molecule has 3 aromatic rings. The molecule has 1 unspecified atom stereocenters. The van der Waals surface area contributed by atoms with Crippen molar-refractivity contribution < 1.29 is 0 Å². The Morgan fingerprint density at radius 3 is 1.89 bits per heavy atom. The van der Waals surface area contributed by atoms with Crippen LogP contribution in [-0.4, -0.2) is 57.8 Å². The second-order valence-corrected chi connectivity index (χ2v) is 8.33. The Balaban J connectivity index is 1.47. The standard InChI is InChI=1S/C23H26AsN3/c24-22-13-7-12-21(25-22)18-26-14-16-27(17-15-26)23(19-8-3-1-4-9-19)20-10-5-2-6-11-20/h1-13,23H,14-18,24H2. The number of hydrogen-bond acceptors (Lipinski definition) is 3. The van der Waals surface area contributed by atoms with Gasteiger partial charge in [-0.15, -0.1) is 0 Å². The first-order chi connectivity index (χ1) is 13.3. The minimum absolute atomic E-state index is 0.328. The Hall–Kier alpha value is -1.93. The van der Waals surface area contributed by atoms with E-state index >= 15 is 0 Å². The van der Waals surface area contributed by atoms with Gasteiger partial charge in [-0.05, 0) is 0 Å². The van der Waals surface area contributed by atoms with Crippen molar-refractivity contribution in [1.82, 2.24) is 14.8 Å². The van der Waals surface area contributed by atoms with Gasteiger partial charge in [-0.25, -0.2) is 0 Å². The van der Waals surface area contributed by atoms with Crippen LogP contribution in [0.25, 0.3) is 0 Å². The fourth-order valence-corrected chi connectivity index (χ4v) is 4.46. The summed E-state index contributed by atoms with van der Waals surface area (Å²) in [5.41, 5.74) is 3.94. The van der Waals surface area contributed by atoms with Crippen molar-refractivity contribution in [2.24, 2.45) is 0 Å². The van der Waals surface area contributed by atoms with Gasteiger partial charge in [0.25, 0.3) is 0 Å². The first kappa shape index (κ1) is 18.4. The van der Waals surface area contributed by atoms with Crippen molar-refractivity contribution in [3.05, 3.63) is 95.7 Å². The van der Waals surface area contributed by atoms with Gasteiger partial charge < -0.3 is 0 Å². The molecule has 0 saturated carbocycles. The SMILES string of the molecule is [AsH2]c1cccc(CN2CCN(C(c3ccccc3)c3ccccc3)CC2)n1. The van der Waals surface area contributed by atoms with Gasteiger partial charge in [0.2, 0.25) is 0 Å². The molecule has 27 heavy (non-hydrogen) atoms. The molecule has 0 bridgehead atoms. The van der Waals surface area contributed by atoms with Crippen LogP contribution in [0.5, 0.6) is 0 Å². The van der Waals surface area contributed by atoms with E-state index in [4.69, 9.17) is 0 Å². The van der Waals surface area contributed by atoms with Crippen LogP contribution in [-0.2, 0) is 6.54 Å². The number of pyridine rings is 1. The monoisotopic (exact) mass is 419 g/mol. The maximum atomic E-state index is 4.69. The molecule has 4 rings (SSSR count). The van der Waals surface area contributed by atoms with Crippen molar-refractivity contribution in [1.29, 1.82) is 0 Å². The van der Waals surface area contributed by atoms with E-state index in [9.17, 15) is 0 Å². The van der Waals surface area contributed by atoms with Gasteiger partial charge in [-0.3, -0.25) is 0 Å². The predicted molar refractivity (Wildman–Crippen MR) is 114 cm³/mol. The number of benzene rings is 2. The van der Waals surface area contributed by atoms with Gasteiger partial charge >= 0.3 is 158 Å². The topological polar surface area (TPSA) is 19.4 Å². The molecule has 0 aliphatic carbocycles. The van der Waals surface area contributed by atoms with Gasteiger partial charge in [-0.2, -0.15) is 0 Å². The van der Waals surface area contributed by atoms with E-state index < -0.39 is 0 Å². The third-order valence-corrected chi connectivity index (χ3v) is 5.89. The van der Waals surface area contributed by atoms with E-state index in [0.717, 1.165) is 37.2 Å². The molecule has 0 amide bonds. The zero-order chi connectivity index (χ0) is 18.5. The molecule has 1 atom stereocenters. The summed E-state index contributed by atoms with van der Waals surface area (Å²) in [6.45, 7) is 5.26. The molecule has 0 N–H and O–H groups in total. The molecule has 1 aromatic heterocycles. The predicted octanol–water partition coefficient (Wildman–Crippen LogP) is 2.25. The van der Waals surface area contributed by atoms with E-state index in [1.165, 1.54) is 16.8 Å². The molecule has 1 saturated heterocycles. The van der Waals surface area contributed by atoms with Gasteiger partial charge in [-0.1, -0.05) is 12.1 Å². The van der Waals surface area contributed by atoms with Gasteiger partial charge in [0, 0.05) is 0 Å². The summed E-state index contributed by atoms with van der Waals surface area (Å²) in [7, 11) is 0. The number of piperazine rings is 1. The van der Waals surface area contributed by atoms with Gasteiger partial charge in [0.05, 0.1) is 0 Å². The second kappa shape index (κ2) is 8.84. The first-order valence-corrected chi connectivity index (χ1v) is 10.8. The van der Waals surface area contributed by atoms with Crippen molar-refractivity contribution in [2.75, 3.05) is 26.2 Å². The van der Waals surface area contributed by atoms with Crippen molar-refractivity contribution in [3.63, 3.8) is 0 Å². The number of rotatable bonds is 5. The first-order valence-electron chi connectivity index (χ1n) is 9.57. The molecular weight excluding hydrogens is 393 g/mol. The molecule has 2 heterocycles.